The van der Waals surface area contributed by atoms with Crippen molar-refractivity contribution in [3.05, 3.63) is 64.6 Å². The van der Waals surface area contributed by atoms with Gasteiger partial charge in [0, 0.05) is 13.0 Å². The number of nitrogens with one attached hydrogen (secondary N) is 1. The molecule has 4 rings (SSSR count). The van der Waals surface area contributed by atoms with Gasteiger partial charge in [0.05, 0.1) is 15.1 Å². The van der Waals surface area contributed by atoms with Gasteiger partial charge in [-0.1, -0.05) is 78.6 Å². The predicted octanol–water partition coefficient (Wildman–Crippen LogP) is 5.09. The van der Waals surface area contributed by atoms with Crippen LogP contribution in [-0.2, 0) is 16.0 Å². The molecule has 0 radical (unpaired) electrons. The van der Waals surface area contributed by atoms with Gasteiger partial charge in [-0.3, -0.25) is 14.5 Å². The van der Waals surface area contributed by atoms with Gasteiger partial charge in [-0.15, -0.1) is 0 Å². The second-order valence-corrected chi connectivity index (χ2v) is 9.42. The fourth-order valence-corrected chi connectivity index (χ4v) is 5.21. The maximum absolute atomic E-state index is 12.7. The number of anilines is 1. The number of aromatic nitrogens is 1. The van der Waals surface area contributed by atoms with Crippen LogP contribution in [0.5, 0.6) is 0 Å². The number of aryl methyl sites for hydroxylation is 1. The number of hydrogen-bond acceptors (Lipinski definition) is 6. The number of thiazole rings is 1. The molecule has 0 aliphatic carbocycles. The molecule has 152 valence electrons. The van der Waals surface area contributed by atoms with Gasteiger partial charge in [0.1, 0.15) is 4.32 Å². The zero-order valence-electron chi connectivity index (χ0n) is 16.3. The van der Waals surface area contributed by atoms with Crippen LogP contribution in [0.4, 0.5) is 5.13 Å². The number of para-hydroxylation sites is 1. The molecule has 5 nitrogen and oxygen atoms in total. The molecule has 30 heavy (non-hydrogen) atoms. The van der Waals surface area contributed by atoms with E-state index < -0.39 is 0 Å². The van der Waals surface area contributed by atoms with Gasteiger partial charge in [0.15, 0.2) is 5.13 Å². The molecular formula is C22H19N3O2S3. The molecule has 1 fully saturated rings. The van der Waals surface area contributed by atoms with Crippen LogP contribution < -0.4 is 5.32 Å². The first-order valence-corrected chi connectivity index (χ1v) is 11.6. The maximum atomic E-state index is 12.7. The Morgan fingerprint density at radius 3 is 2.70 bits per heavy atom. The van der Waals surface area contributed by atoms with Crippen molar-refractivity contribution in [2.24, 2.45) is 0 Å². The number of fused-ring (bicyclic) bond motifs is 1. The molecule has 2 amide bonds. The van der Waals surface area contributed by atoms with Crippen molar-refractivity contribution in [1.82, 2.24) is 9.88 Å². The molecule has 0 atom stereocenters. The topological polar surface area (TPSA) is 62.3 Å². The van der Waals surface area contributed by atoms with Gasteiger partial charge in [-0.05, 0) is 35.8 Å². The lowest BCUT2D eigenvalue weighted by Crippen LogP contribution is -2.31. The number of nitrogens with zero attached hydrogens (tertiary/aromatic N) is 2. The van der Waals surface area contributed by atoms with Crippen molar-refractivity contribution < 1.29 is 9.59 Å². The molecule has 3 aromatic rings. The Hall–Kier alpha value is -2.55. The molecule has 0 spiro atoms. The van der Waals surface area contributed by atoms with Crippen molar-refractivity contribution in [2.75, 3.05) is 11.9 Å². The summed E-state index contributed by atoms with van der Waals surface area (Å²) in [6.45, 7) is 2.35. The highest BCUT2D eigenvalue weighted by molar-refractivity contribution is 8.26. The van der Waals surface area contributed by atoms with E-state index in [2.05, 4.69) is 29.4 Å². The van der Waals surface area contributed by atoms with Crippen molar-refractivity contribution >= 4 is 72.9 Å². The van der Waals surface area contributed by atoms with Crippen LogP contribution >= 0.6 is 35.3 Å². The second kappa shape index (κ2) is 9.07. The Balaban J connectivity index is 1.36. The summed E-state index contributed by atoms with van der Waals surface area (Å²) < 4.78 is 1.49. The number of carbonyl (C=O) groups excluding carboxylic acids is 2. The van der Waals surface area contributed by atoms with Crippen LogP contribution in [0.2, 0.25) is 0 Å². The summed E-state index contributed by atoms with van der Waals surface area (Å²) in [6, 6.07) is 15.8. The minimum Gasteiger partial charge on any atom is -0.302 e. The lowest BCUT2D eigenvalue weighted by Gasteiger charge is -2.13. The number of benzene rings is 2. The third-order valence-corrected chi connectivity index (χ3v) is 6.99. The summed E-state index contributed by atoms with van der Waals surface area (Å²) in [5.41, 5.74) is 3.06. The fraction of sp³-hybridized carbons (Fsp3) is 0.182. The van der Waals surface area contributed by atoms with Gasteiger partial charge in [0.2, 0.25) is 5.91 Å². The lowest BCUT2D eigenvalue weighted by atomic mass is 10.1. The predicted molar refractivity (Wildman–Crippen MR) is 129 cm³/mol. The summed E-state index contributed by atoms with van der Waals surface area (Å²) >= 11 is 8.06. The van der Waals surface area contributed by atoms with E-state index in [9.17, 15) is 9.59 Å². The summed E-state index contributed by atoms with van der Waals surface area (Å²) in [6.07, 6.45) is 2.97. The van der Waals surface area contributed by atoms with Crippen LogP contribution in [0.25, 0.3) is 16.3 Å². The molecule has 1 saturated heterocycles. The number of thioether (sulfide) groups is 1. The van der Waals surface area contributed by atoms with Gasteiger partial charge >= 0.3 is 0 Å². The summed E-state index contributed by atoms with van der Waals surface area (Å²) in [5.74, 6) is -0.348. The summed E-state index contributed by atoms with van der Waals surface area (Å²) in [7, 11) is 0. The fourth-order valence-electron chi connectivity index (χ4n) is 3.01. The van der Waals surface area contributed by atoms with E-state index in [-0.39, 0.29) is 24.8 Å². The zero-order valence-corrected chi connectivity index (χ0v) is 18.7. The van der Waals surface area contributed by atoms with E-state index in [1.54, 1.807) is 0 Å². The molecule has 0 unspecified atom stereocenters. The van der Waals surface area contributed by atoms with E-state index in [0.717, 1.165) is 22.2 Å². The van der Waals surface area contributed by atoms with Gasteiger partial charge < -0.3 is 5.32 Å². The maximum Gasteiger partial charge on any atom is 0.266 e. The molecule has 2 heterocycles. The Labute approximate surface area is 188 Å². The molecular weight excluding hydrogens is 434 g/mol. The quantitative estimate of drug-likeness (QED) is 0.416. The van der Waals surface area contributed by atoms with E-state index in [0.29, 0.717) is 14.4 Å². The van der Waals surface area contributed by atoms with E-state index >= 15 is 0 Å². The summed E-state index contributed by atoms with van der Waals surface area (Å²) in [5, 5.41) is 3.37. The molecule has 1 aromatic heterocycles. The van der Waals surface area contributed by atoms with Crippen molar-refractivity contribution in [3.63, 3.8) is 0 Å². The monoisotopic (exact) mass is 453 g/mol. The Bertz CT molecular complexity index is 1120. The number of rotatable bonds is 6. The molecule has 2 aromatic carbocycles. The molecule has 8 heteroatoms. The minimum absolute atomic E-state index is 0.154. The van der Waals surface area contributed by atoms with Crippen LogP contribution in [0.15, 0.2) is 53.4 Å². The smallest absolute Gasteiger partial charge is 0.266 e. The molecule has 1 aliphatic heterocycles. The van der Waals surface area contributed by atoms with Gasteiger partial charge in [-0.2, -0.15) is 0 Å². The SMILES string of the molecule is CCc1ccc(C=C2SC(=S)N(CCC(=O)Nc3nc4ccccc4s3)C2=O)cc1. The van der Waals surface area contributed by atoms with Crippen molar-refractivity contribution in [1.29, 1.82) is 0 Å². The number of thiocarbonyl (C=S) groups is 1. The number of hydrogen-bond donors (Lipinski definition) is 1. The molecule has 0 saturated carbocycles. The third-order valence-electron chi connectivity index (χ3n) is 4.66. The van der Waals surface area contributed by atoms with E-state index in [1.807, 2.05) is 42.5 Å². The minimum atomic E-state index is -0.192. The third kappa shape index (κ3) is 4.61. The van der Waals surface area contributed by atoms with E-state index in [4.69, 9.17) is 12.2 Å². The first-order chi connectivity index (χ1) is 14.5. The normalized spacial score (nSPS) is 15.4. The van der Waals surface area contributed by atoms with Crippen LogP contribution in [0, 0.1) is 0 Å². The first kappa shape index (κ1) is 20.7. The first-order valence-electron chi connectivity index (χ1n) is 9.53. The van der Waals surface area contributed by atoms with Gasteiger partial charge in [-0.25, -0.2) is 4.98 Å². The number of carbonyl (C=O) groups is 2. The largest absolute Gasteiger partial charge is 0.302 e. The van der Waals surface area contributed by atoms with E-state index in [1.165, 1.54) is 33.6 Å². The van der Waals surface area contributed by atoms with Crippen molar-refractivity contribution in [2.45, 2.75) is 19.8 Å². The standard InChI is InChI=1S/C22H19N3O2S3/c1-2-14-7-9-15(10-8-14)13-18-20(27)25(22(28)30-18)12-11-19(26)24-21-23-16-5-3-4-6-17(16)29-21/h3-10,13H,2,11-12H2,1H3,(H,23,24,26). The molecule has 1 aliphatic rings. The van der Waals surface area contributed by atoms with Crippen LogP contribution in [-0.4, -0.2) is 32.6 Å². The van der Waals surface area contributed by atoms with Crippen molar-refractivity contribution in [3.8, 4) is 0 Å². The highest BCUT2D eigenvalue weighted by atomic mass is 32.2. The van der Waals surface area contributed by atoms with Crippen LogP contribution in [0.1, 0.15) is 24.5 Å². The average Bonchev–Trinajstić information content (AvgIpc) is 3.27. The molecule has 0 bridgehead atoms. The van der Waals surface area contributed by atoms with Gasteiger partial charge in [0.25, 0.3) is 5.91 Å². The molecule has 1 N–H and O–H groups in total. The Morgan fingerprint density at radius 2 is 1.97 bits per heavy atom. The second-order valence-electron chi connectivity index (χ2n) is 6.71. The summed E-state index contributed by atoms with van der Waals surface area (Å²) in [4.78, 5) is 31.6. The Morgan fingerprint density at radius 1 is 1.20 bits per heavy atom. The average molecular weight is 454 g/mol. The Kier molecular flexibility index (Phi) is 6.26. The number of amides is 2. The lowest BCUT2D eigenvalue weighted by molar-refractivity contribution is -0.122. The zero-order chi connectivity index (χ0) is 21.1. The highest BCUT2D eigenvalue weighted by Crippen LogP contribution is 2.33. The highest BCUT2D eigenvalue weighted by Gasteiger charge is 2.32. The van der Waals surface area contributed by atoms with Crippen LogP contribution in [0.3, 0.4) is 0 Å².